The lowest BCUT2D eigenvalue weighted by molar-refractivity contribution is -0.161. The summed E-state index contributed by atoms with van der Waals surface area (Å²) in [5.74, 6) is -0.464. The minimum absolute atomic E-state index is 0.464. The maximum absolute atomic E-state index is 9.48. The number of ether oxygens (including phenoxy) is 2. The van der Waals surface area contributed by atoms with Gasteiger partial charge in [0.15, 0.2) is 5.79 Å². The van der Waals surface area contributed by atoms with Crippen LogP contribution >= 0.6 is 11.3 Å². The first kappa shape index (κ1) is 13.1. The summed E-state index contributed by atoms with van der Waals surface area (Å²) in [4.78, 5) is 3.05. The van der Waals surface area contributed by atoms with Gasteiger partial charge in [-0.2, -0.15) is 5.26 Å². The van der Waals surface area contributed by atoms with Crippen LogP contribution in [0.2, 0.25) is 0 Å². The van der Waals surface area contributed by atoms with Gasteiger partial charge in [-0.25, -0.2) is 0 Å². The van der Waals surface area contributed by atoms with Crippen molar-refractivity contribution in [3.8, 4) is 6.07 Å². The molecule has 2 aliphatic heterocycles. The predicted molar refractivity (Wildman–Crippen MR) is 82.6 cm³/mol. The van der Waals surface area contributed by atoms with Crippen molar-refractivity contribution in [3.05, 3.63) is 29.1 Å². The predicted octanol–water partition coefficient (Wildman–Crippen LogP) is 3.12. The fourth-order valence-corrected chi connectivity index (χ4v) is 4.36. The molecule has 0 atom stereocenters. The molecule has 2 saturated heterocycles. The number of hydrogen-bond acceptors (Lipinski definition) is 5. The number of nitriles is 1. The van der Waals surface area contributed by atoms with E-state index in [2.05, 4.69) is 23.1 Å². The molecule has 2 fully saturated rings. The van der Waals surface area contributed by atoms with Crippen LogP contribution in [0.4, 0.5) is 5.69 Å². The van der Waals surface area contributed by atoms with Crippen molar-refractivity contribution in [3.63, 3.8) is 0 Å². The monoisotopic (exact) mass is 300 g/mol. The standard InChI is InChI=1S/C16H16N2O2S/c17-10-14-15(12-4-1-2-5-13(12)21-14)18-7-3-6-16(11-18)19-8-9-20-16/h1-2,4-5H,3,6-9,11H2. The Balaban J connectivity index is 1.77. The Morgan fingerprint density at radius 2 is 2.05 bits per heavy atom. The normalized spacial score (nSPS) is 21.0. The highest BCUT2D eigenvalue weighted by atomic mass is 32.1. The molecule has 0 amide bonds. The van der Waals surface area contributed by atoms with Gasteiger partial charge in [-0.15, -0.1) is 11.3 Å². The third-order valence-corrected chi connectivity index (χ3v) is 5.28. The van der Waals surface area contributed by atoms with Crippen molar-refractivity contribution < 1.29 is 9.47 Å². The van der Waals surface area contributed by atoms with Gasteiger partial charge in [0.2, 0.25) is 0 Å². The molecule has 2 aliphatic rings. The van der Waals surface area contributed by atoms with Crippen LogP contribution in [-0.4, -0.2) is 32.1 Å². The van der Waals surface area contributed by atoms with E-state index >= 15 is 0 Å². The molecular formula is C16H16N2O2S. The van der Waals surface area contributed by atoms with Crippen LogP contribution in [0.1, 0.15) is 17.7 Å². The van der Waals surface area contributed by atoms with Gasteiger partial charge in [0.1, 0.15) is 10.9 Å². The van der Waals surface area contributed by atoms with E-state index in [0.717, 1.165) is 40.0 Å². The summed E-state index contributed by atoms with van der Waals surface area (Å²) in [6.07, 6.45) is 1.96. The Kier molecular flexibility index (Phi) is 3.11. The Bertz CT molecular complexity index is 713. The molecule has 0 N–H and O–H groups in total. The number of hydrogen-bond donors (Lipinski definition) is 0. The molecule has 0 saturated carbocycles. The smallest absolute Gasteiger partial charge is 0.186 e. The Morgan fingerprint density at radius 3 is 2.86 bits per heavy atom. The zero-order valence-electron chi connectivity index (χ0n) is 11.7. The first-order chi connectivity index (χ1) is 10.3. The van der Waals surface area contributed by atoms with E-state index in [4.69, 9.17) is 9.47 Å². The minimum atomic E-state index is -0.464. The Hall–Kier alpha value is -1.61. The molecular weight excluding hydrogens is 284 g/mol. The molecule has 2 aromatic rings. The number of fused-ring (bicyclic) bond motifs is 1. The zero-order valence-corrected chi connectivity index (χ0v) is 12.5. The SMILES string of the molecule is N#Cc1sc2ccccc2c1N1CCCC2(C1)OCCO2. The molecule has 1 spiro atoms. The van der Waals surface area contributed by atoms with Gasteiger partial charge in [0, 0.05) is 23.1 Å². The molecule has 5 heteroatoms. The number of rotatable bonds is 1. The highest BCUT2D eigenvalue weighted by Gasteiger charge is 2.41. The summed E-state index contributed by atoms with van der Waals surface area (Å²) >= 11 is 1.56. The quantitative estimate of drug-likeness (QED) is 0.812. The number of thiophene rings is 1. The maximum Gasteiger partial charge on any atom is 0.186 e. The van der Waals surface area contributed by atoms with Gasteiger partial charge in [0.05, 0.1) is 25.4 Å². The third kappa shape index (κ3) is 2.11. The average Bonchev–Trinajstić information content (AvgIpc) is 3.11. The maximum atomic E-state index is 9.48. The van der Waals surface area contributed by atoms with Crippen molar-refractivity contribution in [2.45, 2.75) is 18.6 Å². The van der Waals surface area contributed by atoms with E-state index in [0.29, 0.717) is 19.8 Å². The van der Waals surface area contributed by atoms with Crippen molar-refractivity contribution in [2.75, 3.05) is 31.2 Å². The topological polar surface area (TPSA) is 45.5 Å². The van der Waals surface area contributed by atoms with Crippen molar-refractivity contribution in [2.24, 2.45) is 0 Å². The van der Waals surface area contributed by atoms with Gasteiger partial charge in [-0.1, -0.05) is 18.2 Å². The lowest BCUT2D eigenvalue weighted by atomic mass is 10.0. The molecule has 3 heterocycles. The minimum Gasteiger partial charge on any atom is -0.364 e. The van der Waals surface area contributed by atoms with E-state index in [1.807, 2.05) is 12.1 Å². The zero-order chi connectivity index (χ0) is 14.3. The van der Waals surface area contributed by atoms with Crippen LogP contribution < -0.4 is 4.90 Å². The van der Waals surface area contributed by atoms with Crippen LogP contribution in [-0.2, 0) is 9.47 Å². The second-order valence-electron chi connectivity index (χ2n) is 5.52. The van der Waals surface area contributed by atoms with E-state index in [1.165, 1.54) is 0 Å². The molecule has 0 unspecified atom stereocenters. The summed E-state index contributed by atoms with van der Waals surface area (Å²) in [5.41, 5.74) is 1.05. The van der Waals surface area contributed by atoms with Gasteiger partial charge in [-0.3, -0.25) is 0 Å². The van der Waals surface area contributed by atoms with Crippen LogP contribution in [0, 0.1) is 11.3 Å². The summed E-state index contributed by atoms with van der Waals surface area (Å²) in [5, 5.41) is 10.6. The van der Waals surface area contributed by atoms with Crippen LogP contribution in [0.5, 0.6) is 0 Å². The van der Waals surface area contributed by atoms with Crippen molar-refractivity contribution in [1.82, 2.24) is 0 Å². The van der Waals surface area contributed by atoms with Crippen LogP contribution in [0.25, 0.3) is 10.1 Å². The second kappa shape index (κ2) is 4.99. The van der Waals surface area contributed by atoms with Gasteiger partial charge >= 0.3 is 0 Å². The van der Waals surface area contributed by atoms with E-state index in [-0.39, 0.29) is 0 Å². The summed E-state index contributed by atoms with van der Waals surface area (Å²) in [6, 6.07) is 10.6. The van der Waals surface area contributed by atoms with Crippen LogP contribution in [0.3, 0.4) is 0 Å². The summed E-state index contributed by atoms with van der Waals surface area (Å²) in [6.45, 7) is 3.00. The molecule has 0 bridgehead atoms. The summed E-state index contributed by atoms with van der Waals surface area (Å²) < 4.78 is 12.9. The van der Waals surface area contributed by atoms with Gasteiger partial charge in [-0.05, 0) is 12.5 Å². The van der Waals surface area contributed by atoms with Gasteiger partial charge in [0.25, 0.3) is 0 Å². The first-order valence-electron chi connectivity index (χ1n) is 7.26. The average molecular weight is 300 g/mol. The molecule has 1 aromatic carbocycles. The number of anilines is 1. The Morgan fingerprint density at radius 1 is 1.24 bits per heavy atom. The fourth-order valence-electron chi connectivity index (χ4n) is 3.33. The molecule has 21 heavy (non-hydrogen) atoms. The highest BCUT2D eigenvalue weighted by Crippen LogP contribution is 2.41. The molecule has 1 aromatic heterocycles. The second-order valence-corrected chi connectivity index (χ2v) is 6.57. The van der Waals surface area contributed by atoms with Crippen molar-refractivity contribution in [1.29, 1.82) is 5.26 Å². The van der Waals surface area contributed by atoms with Gasteiger partial charge < -0.3 is 14.4 Å². The Labute approximate surface area is 127 Å². The number of nitrogens with zero attached hydrogens (tertiary/aromatic N) is 2. The van der Waals surface area contributed by atoms with Crippen molar-refractivity contribution >= 4 is 27.1 Å². The third-order valence-electron chi connectivity index (χ3n) is 4.22. The van der Waals surface area contributed by atoms with E-state index in [9.17, 15) is 5.26 Å². The lowest BCUT2D eigenvalue weighted by Crippen LogP contribution is -2.49. The van der Waals surface area contributed by atoms with E-state index in [1.54, 1.807) is 11.3 Å². The summed E-state index contributed by atoms with van der Waals surface area (Å²) in [7, 11) is 0. The lowest BCUT2D eigenvalue weighted by Gasteiger charge is -2.39. The highest BCUT2D eigenvalue weighted by molar-refractivity contribution is 7.20. The number of piperidine rings is 1. The largest absolute Gasteiger partial charge is 0.364 e. The first-order valence-corrected chi connectivity index (χ1v) is 8.07. The van der Waals surface area contributed by atoms with Crippen LogP contribution in [0.15, 0.2) is 24.3 Å². The van der Waals surface area contributed by atoms with E-state index < -0.39 is 5.79 Å². The molecule has 0 radical (unpaired) electrons. The molecule has 0 aliphatic carbocycles. The number of benzene rings is 1. The molecule has 4 nitrogen and oxygen atoms in total. The molecule has 4 rings (SSSR count). The fraction of sp³-hybridized carbons (Fsp3) is 0.438. The molecule has 108 valence electrons.